The van der Waals surface area contributed by atoms with Gasteiger partial charge in [0.05, 0.1) is 11.0 Å². The van der Waals surface area contributed by atoms with Gasteiger partial charge in [0.25, 0.3) is 0 Å². The van der Waals surface area contributed by atoms with Crippen molar-refractivity contribution in [3.8, 4) is 5.82 Å². The smallest absolute Gasteiger partial charge is 0.224 e. The molecule has 5 rings (SSSR count). The third-order valence-electron chi connectivity index (χ3n) is 5.04. The summed E-state index contributed by atoms with van der Waals surface area (Å²) < 4.78 is 1.93. The van der Waals surface area contributed by atoms with Gasteiger partial charge in [-0.05, 0) is 47.6 Å². The quantitative estimate of drug-likeness (QED) is 0.518. The van der Waals surface area contributed by atoms with E-state index in [0.717, 1.165) is 35.4 Å². The topological polar surface area (TPSA) is 105 Å². The molecule has 0 saturated heterocycles. The molecule has 148 valence electrons. The Balaban J connectivity index is 1.40. The highest BCUT2D eigenvalue weighted by atomic mass is 15.6. The summed E-state index contributed by atoms with van der Waals surface area (Å²) in [4.78, 5) is 13.5. The third kappa shape index (κ3) is 3.41. The number of benzene rings is 2. The molecule has 1 aliphatic rings. The standard InChI is InChI=1S/C21H19N9/c1-21(26-28-29-27-21)16-7-8-17-18(13-16)30(14-24-17)19-10-12-23-20(25-19)22-11-9-15-5-3-2-4-6-15/h2-8,10,12-14H,9,11H2,1H3,(H,22,23,25). The van der Waals surface area contributed by atoms with Gasteiger partial charge >= 0.3 is 0 Å². The van der Waals surface area contributed by atoms with Crippen LogP contribution in [0.3, 0.4) is 0 Å². The maximum atomic E-state index is 4.66. The first-order valence-electron chi connectivity index (χ1n) is 9.64. The Morgan fingerprint density at radius 3 is 2.63 bits per heavy atom. The van der Waals surface area contributed by atoms with Gasteiger partial charge in [0.15, 0.2) is 0 Å². The Bertz CT molecular complexity index is 1230. The van der Waals surface area contributed by atoms with Crippen LogP contribution in [0.5, 0.6) is 0 Å². The van der Waals surface area contributed by atoms with E-state index in [1.54, 1.807) is 12.5 Å². The fourth-order valence-electron chi connectivity index (χ4n) is 3.37. The second kappa shape index (κ2) is 7.43. The molecule has 4 aromatic rings. The van der Waals surface area contributed by atoms with Gasteiger partial charge in [-0.2, -0.15) is 4.98 Å². The van der Waals surface area contributed by atoms with Crippen LogP contribution in [-0.2, 0) is 12.1 Å². The van der Waals surface area contributed by atoms with Gasteiger partial charge in [-0.15, -0.1) is 10.2 Å². The number of anilines is 1. The molecule has 1 aliphatic heterocycles. The highest BCUT2D eigenvalue weighted by Crippen LogP contribution is 2.33. The zero-order valence-corrected chi connectivity index (χ0v) is 16.3. The van der Waals surface area contributed by atoms with Crippen molar-refractivity contribution in [1.29, 1.82) is 0 Å². The molecule has 0 radical (unpaired) electrons. The van der Waals surface area contributed by atoms with Gasteiger partial charge in [-0.3, -0.25) is 4.57 Å². The van der Waals surface area contributed by atoms with Crippen molar-refractivity contribution in [3.63, 3.8) is 0 Å². The van der Waals surface area contributed by atoms with E-state index in [1.807, 2.05) is 54.0 Å². The Morgan fingerprint density at radius 1 is 0.967 bits per heavy atom. The average molecular weight is 397 g/mol. The van der Waals surface area contributed by atoms with Gasteiger partial charge in [-0.1, -0.05) is 36.4 Å². The molecule has 30 heavy (non-hydrogen) atoms. The molecule has 0 spiro atoms. The molecule has 9 nitrogen and oxygen atoms in total. The van der Waals surface area contributed by atoms with Crippen LogP contribution in [0, 0.1) is 0 Å². The molecular weight excluding hydrogens is 378 g/mol. The van der Waals surface area contributed by atoms with Gasteiger partial charge in [0.1, 0.15) is 12.1 Å². The van der Waals surface area contributed by atoms with Crippen molar-refractivity contribution in [2.75, 3.05) is 11.9 Å². The van der Waals surface area contributed by atoms with E-state index < -0.39 is 5.66 Å². The van der Waals surface area contributed by atoms with Crippen molar-refractivity contribution < 1.29 is 0 Å². The summed E-state index contributed by atoms with van der Waals surface area (Å²) in [6.07, 6.45) is 4.39. The summed E-state index contributed by atoms with van der Waals surface area (Å²) in [5.74, 6) is 1.30. The lowest BCUT2D eigenvalue weighted by Gasteiger charge is -2.14. The summed E-state index contributed by atoms with van der Waals surface area (Å²) in [6.45, 7) is 2.62. The molecule has 2 aromatic heterocycles. The van der Waals surface area contributed by atoms with E-state index in [4.69, 9.17) is 0 Å². The fourth-order valence-corrected chi connectivity index (χ4v) is 3.37. The first-order chi connectivity index (χ1) is 14.7. The Hall–Kier alpha value is -4.01. The van der Waals surface area contributed by atoms with Crippen molar-refractivity contribution in [2.24, 2.45) is 20.7 Å². The summed E-state index contributed by atoms with van der Waals surface area (Å²) in [7, 11) is 0. The number of nitrogens with one attached hydrogen (secondary N) is 1. The van der Waals surface area contributed by atoms with E-state index in [1.165, 1.54) is 5.56 Å². The van der Waals surface area contributed by atoms with Crippen LogP contribution >= 0.6 is 0 Å². The van der Waals surface area contributed by atoms with Crippen molar-refractivity contribution in [3.05, 3.63) is 78.2 Å². The van der Waals surface area contributed by atoms with E-state index in [-0.39, 0.29) is 0 Å². The predicted octanol–water partition coefficient (Wildman–Crippen LogP) is 4.48. The van der Waals surface area contributed by atoms with Crippen molar-refractivity contribution in [1.82, 2.24) is 19.5 Å². The Kier molecular flexibility index (Phi) is 4.47. The number of aromatic nitrogens is 4. The van der Waals surface area contributed by atoms with Crippen LogP contribution in [0.2, 0.25) is 0 Å². The molecular formula is C21H19N9. The number of hydrogen-bond donors (Lipinski definition) is 1. The maximum Gasteiger partial charge on any atom is 0.224 e. The predicted molar refractivity (Wildman–Crippen MR) is 112 cm³/mol. The van der Waals surface area contributed by atoms with Crippen molar-refractivity contribution in [2.45, 2.75) is 19.0 Å². The van der Waals surface area contributed by atoms with E-state index in [0.29, 0.717) is 5.95 Å². The summed E-state index contributed by atoms with van der Waals surface area (Å²) in [6, 6.07) is 18.1. The third-order valence-corrected chi connectivity index (χ3v) is 5.04. The van der Waals surface area contributed by atoms with Crippen LogP contribution in [0.15, 0.2) is 87.8 Å². The van der Waals surface area contributed by atoms with Crippen molar-refractivity contribution >= 4 is 17.0 Å². The molecule has 9 heteroatoms. The largest absolute Gasteiger partial charge is 0.354 e. The molecule has 1 N–H and O–H groups in total. The summed E-state index contributed by atoms with van der Waals surface area (Å²) in [5, 5.41) is 18.9. The molecule has 3 heterocycles. The monoisotopic (exact) mass is 397 g/mol. The maximum absolute atomic E-state index is 4.66. The normalized spacial score (nSPS) is 14.4. The minimum atomic E-state index is -0.806. The van der Waals surface area contributed by atoms with Gasteiger partial charge in [-0.25, -0.2) is 9.97 Å². The lowest BCUT2D eigenvalue weighted by atomic mass is 10.0. The van der Waals surface area contributed by atoms with Crippen LogP contribution in [0.1, 0.15) is 18.1 Å². The second-order valence-corrected chi connectivity index (χ2v) is 7.12. The first-order valence-corrected chi connectivity index (χ1v) is 9.64. The van der Waals surface area contributed by atoms with Gasteiger partial charge < -0.3 is 5.32 Å². The molecule has 2 aromatic carbocycles. The number of hydrogen-bond acceptors (Lipinski definition) is 8. The number of nitrogens with zero attached hydrogens (tertiary/aromatic N) is 8. The number of fused-ring (bicyclic) bond motifs is 1. The van der Waals surface area contributed by atoms with E-state index >= 15 is 0 Å². The minimum Gasteiger partial charge on any atom is -0.354 e. The van der Waals surface area contributed by atoms with Gasteiger partial charge in [0, 0.05) is 18.3 Å². The molecule has 0 saturated carbocycles. The van der Waals surface area contributed by atoms with Gasteiger partial charge in [0.2, 0.25) is 11.6 Å². The Morgan fingerprint density at radius 2 is 1.80 bits per heavy atom. The minimum absolute atomic E-state index is 0.576. The summed E-state index contributed by atoms with van der Waals surface area (Å²) >= 11 is 0. The van der Waals surface area contributed by atoms with Crippen LogP contribution in [-0.4, -0.2) is 26.1 Å². The zero-order valence-electron chi connectivity index (χ0n) is 16.3. The lowest BCUT2D eigenvalue weighted by Crippen LogP contribution is -2.13. The first kappa shape index (κ1) is 18.0. The molecule has 0 fully saturated rings. The summed E-state index contributed by atoms with van der Waals surface area (Å²) in [5.41, 5.74) is 3.10. The Labute approximate surface area is 172 Å². The molecule has 0 bridgehead atoms. The van der Waals surface area contributed by atoms with Crippen LogP contribution in [0.25, 0.3) is 16.9 Å². The average Bonchev–Trinajstić information content (AvgIpc) is 3.41. The molecule has 0 unspecified atom stereocenters. The SMILES string of the molecule is CC1(c2ccc3ncn(-c4ccnc(NCCc5ccccc5)n4)c3c2)N=NN=N1. The van der Waals surface area contributed by atoms with Crippen LogP contribution < -0.4 is 5.32 Å². The highest BCUT2D eigenvalue weighted by molar-refractivity contribution is 5.78. The fraction of sp³-hybridized carbons (Fsp3) is 0.190. The van der Waals surface area contributed by atoms with E-state index in [9.17, 15) is 0 Å². The second-order valence-electron chi connectivity index (χ2n) is 7.12. The zero-order chi connectivity index (χ0) is 20.4. The molecule has 0 amide bonds. The molecule has 0 atom stereocenters. The highest BCUT2D eigenvalue weighted by Gasteiger charge is 2.30. The number of rotatable bonds is 6. The van der Waals surface area contributed by atoms with E-state index in [2.05, 4.69) is 53.1 Å². The number of imidazole rings is 1. The molecule has 0 aliphatic carbocycles. The lowest BCUT2D eigenvalue weighted by molar-refractivity contribution is 0.519. The van der Waals surface area contributed by atoms with Crippen LogP contribution in [0.4, 0.5) is 5.95 Å².